The zero-order valence-corrected chi connectivity index (χ0v) is 10.5. The highest BCUT2D eigenvalue weighted by Crippen LogP contribution is 2.17. The lowest BCUT2D eigenvalue weighted by Crippen LogP contribution is -2.06. The van der Waals surface area contributed by atoms with Gasteiger partial charge in [0.2, 0.25) is 0 Å². The highest BCUT2D eigenvalue weighted by Gasteiger charge is 2.10. The van der Waals surface area contributed by atoms with Crippen LogP contribution >= 0.6 is 11.3 Å². The van der Waals surface area contributed by atoms with Gasteiger partial charge in [-0.3, -0.25) is 4.98 Å². The molecule has 0 spiro atoms. The molecule has 2 rings (SSSR count). The lowest BCUT2D eigenvalue weighted by Gasteiger charge is -2.02. The van der Waals surface area contributed by atoms with E-state index >= 15 is 0 Å². The van der Waals surface area contributed by atoms with Gasteiger partial charge in [-0.15, -0.1) is 11.3 Å². The molecular weight excluding hydrogens is 236 g/mol. The summed E-state index contributed by atoms with van der Waals surface area (Å²) in [5, 5.41) is 0.981. The molecular formula is C12H12N2O2S. The highest BCUT2D eigenvalue weighted by atomic mass is 32.1. The molecule has 0 aliphatic carbocycles. The predicted octanol–water partition coefficient (Wildman–Crippen LogP) is 2.51. The smallest absolute Gasteiger partial charge is 0.340 e. The van der Waals surface area contributed by atoms with Crippen LogP contribution in [0.15, 0.2) is 24.5 Å². The van der Waals surface area contributed by atoms with Crippen LogP contribution in [0.3, 0.4) is 0 Å². The molecule has 5 heteroatoms. The van der Waals surface area contributed by atoms with Gasteiger partial charge in [-0.05, 0) is 26.0 Å². The summed E-state index contributed by atoms with van der Waals surface area (Å²) in [5.41, 5.74) is 1.28. The Labute approximate surface area is 103 Å². The number of nitrogens with zero attached hydrogens (tertiary/aromatic N) is 2. The number of carbonyl (C=O) groups is 1. The van der Waals surface area contributed by atoms with Gasteiger partial charge in [0.05, 0.1) is 16.3 Å². The first-order chi connectivity index (χ1) is 8.16. The molecule has 0 aromatic carbocycles. The largest absolute Gasteiger partial charge is 0.455 e. The van der Waals surface area contributed by atoms with E-state index in [9.17, 15) is 4.79 Å². The van der Waals surface area contributed by atoms with Crippen LogP contribution in [0, 0.1) is 13.8 Å². The van der Waals surface area contributed by atoms with Crippen molar-refractivity contribution in [1.29, 1.82) is 0 Å². The summed E-state index contributed by atoms with van der Waals surface area (Å²) in [7, 11) is 0. The number of ether oxygens (including phenoxy) is 1. The molecule has 0 saturated heterocycles. The van der Waals surface area contributed by atoms with Crippen molar-refractivity contribution in [3.63, 3.8) is 0 Å². The van der Waals surface area contributed by atoms with Gasteiger partial charge in [-0.1, -0.05) is 0 Å². The first kappa shape index (κ1) is 11.7. The highest BCUT2D eigenvalue weighted by molar-refractivity contribution is 7.11. The molecule has 88 valence electrons. The van der Waals surface area contributed by atoms with Gasteiger partial charge < -0.3 is 4.74 Å². The minimum absolute atomic E-state index is 0.212. The maximum Gasteiger partial charge on any atom is 0.340 e. The molecule has 0 saturated carbocycles. The fraction of sp³-hybridized carbons (Fsp3) is 0.250. The molecule has 0 aliphatic rings. The number of aromatic nitrogens is 2. The Balaban J connectivity index is 1.99. The van der Waals surface area contributed by atoms with Crippen LogP contribution in [0.4, 0.5) is 0 Å². The van der Waals surface area contributed by atoms with E-state index in [2.05, 4.69) is 9.97 Å². The average Bonchev–Trinajstić information content (AvgIpc) is 2.66. The van der Waals surface area contributed by atoms with E-state index in [-0.39, 0.29) is 12.6 Å². The fourth-order valence-electron chi connectivity index (χ4n) is 1.41. The standard InChI is InChI=1S/C12H12N2O2S/c1-8-11(14-9(2)17-8)7-16-12(15)10-4-3-5-13-6-10/h3-6H,7H2,1-2H3. The number of carbonyl (C=O) groups excluding carboxylic acids is 1. The Morgan fingerprint density at radius 3 is 2.88 bits per heavy atom. The first-order valence-corrected chi connectivity index (χ1v) is 5.98. The number of hydrogen-bond donors (Lipinski definition) is 0. The second-order valence-corrected chi connectivity index (χ2v) is 4.96. The second-order valence-electron chi connectivity index (χ2n) is 3.55. The molecule has 2 aromatic heterocycles. The van der Waals surface area contributed by atoms with Gasteiger partial charge in [-0.2, -0.15) is 0 Å². The minimum atomic E-state index is -0.372. The Kier molecular flexibility index (Phi) is 3.49. The summed E-state index contributed by atoms with van der Waals surface area (Å²) in [6, 6.07) is 3.38. The fourth-order valence-corrected chi connectivity index (χ4v) is 2.23. The zero-order valence-electron chi connectivity index (χ0n) is 9.64. The topological polar surface area (TPSA) is 52.1 Å². The Bertz CT molecular complexity index is 523. The summed E-state index contributed by atoms with van der Waals surface area (Å²) in [4.78, 5) is 20.9. The van der Waals surface area contributed by atoms with E-state index in [4.69, 9.17) is 4.74 Å². The summed E-state index contributed by atoms with van der Waals surface area (Å²) < 4.78 is 5.17. The number of rotatable bonds is 3. The van der Waals surface area contributed by atoms with E-state index in [0.717, 1.165) is 15.6 Å². The SMILES string of the molecule is Cc1nc(COC(=O)c2cccnc2)c(C)s1. The maximum atomic E-state index is 11.6. The molecule has 0 fully saturated rings. The van der Waals surface area contributed by atoms with Gasteiger partial charge in [0.15, 0.2) is 0 Å². The van der Waals surface area contributed by atoms with E-state index in [1.807, 2.05) is 13.8 Å². The van der Waals surface area contributed by atoms with Crippen LogP contribution < -0.4 is 0 Å². The predicted molar refractivity (Wildman–Crippen MR) is 64.9 cm³/mol. The van der Waals surface area contributed by atoms with Crippen molar-refractivity contribution >= 4 is 17.3 Å². The van der Waals surface area contributed by atoms with Crippen molar-refractivity contribution in [3.8, 4) is 0 Å². The third-order valence-electron chi connectivity index (χ3n) is 2.24. The van der Waals surface area contributed by atoms with Crippen LogP contribution in [0.2, 0.25) is 0 Å². The quantitative estimate of drug-likeness (QED) is 0.783. The van der Waals surface area contributed by atoms with E-state index in [1.165, 1.54) is 6.20 Å². The van der Waals surface area contributed by atoms with Gasteiger partial charge >= 0.3 is 5.97 Å². The van der Waals surface area contributed by atoms with E-state index in [0.29, 0.717) is 5.56 Å². The monoisotopic (exact) mass is 248 g/mol. The molecule has 2 aromatic rings. The van der Waals surface area contributed by atoms with Crippen LogP contribution in [0.1, 0.15) is 25.9 Å². The van der Waals surface area contributed by atoms with Gasteiger partial charge in [0.25, 0.3) is 0 Å². The second kappa shape index (κ2) is 5.05. The molecule has 0 atom stereocenters. The minimum Gasteiger partial charge on any atom is -0.455 e. The van der Waals surface area contributed by atoms with Crippen molar-refractivity contribution in [2.45, 2.75) is 20.5 Å². The maximum absolute atomic E-state index is 11.6. The van der Waals surface area contributed by atoms with Crippen molar-refractivity contribution in [2.75, 3.05) is 0 Å². The Hall–Kier alpha value is -1.75. The van der Waals surface area contributed by atoms with Gasteiger partial charge in [0.1, 0.15) is 6.61 Å². The van der Waals surface area contributed by atoms with Crippen LogP contribution in [-0.4, -0.2) is 15.9 Å². The van der Waals surface area contributed by atoms with Crippen LogP contribution in [-0.2, 0) is 11.3 Å². The summed E-state index contributed by atoms with van der Waals surface area (Å²) in [5.74, 6) is -0.372. The molecule has 0 amide bonds. The van der Waals surface area contributed by atoms with Crippen molar-refractivity contribution in [3.05, 3.63) is 45.7 Å². The van der Waals surface area contributed by atoms with E-state index in [1.54, 1.807) is 29.7 Å². The molecule has 0 bridgehead atoms. The summed E-state index contributed by atoms with van der Waals surface area (Å²) in [6.45, 7) is 4.12. The summed E-state index contributed by atoms with van der Waals surface area (Å²) >= 11 is 1.60. The first-order valence-electron chi connectivity index (χ1n) is 5.17. The number of pyridine rings is 1. The Morgan fingerprint density at radius 2 is 2.29 bits per heavy atom. The number of hydrogen-bond acceptors (Lipinski definition) is 5. The molecule has 4 nitrogen and oxygen atoms in total. The van der Waals surface area contributed by atoms with Crippen LogP contribution in [0.25, 0.3) is 0 Å². The zero-order chi connectivity index (χ0) is 12.3. The van der Waals surface area contributed by atoms with Crippen molar-refractivity contribution < 1.29 is 9.53 Å². The van der Waals surface area contributed by atoms with Crippen molar-refractivity contribution in [2.24, 2.45) is 0 Å². The number of aryl methyl sites for hydroxylation is 2. The molecule has 17 heavy (non-hydrogen) atoms. The third kappa shape index (κ3) is 2.88. The third-order valence-corrected chi connectivity index (χ3v) is 3.17. The van der Waals surface area contributed by atoms with E-state index < -0.39 is 0 Å². The number of esters is 1. The normalized spacial score (nSPS) is 10.2. The van der Waals surface area contributed by atoms with Gasteiger partial charge in [0, 0.05) is 17.3 Å². The van der Waals surface area contributed by atoms with Crippen molar-refractivity contribution in [1.82, 2.24) is 9.97 Å². The molecule has 0 unspecified atom stereocenters. The molecule has 0 radical (unpaired) electrons. The number of thiazole rings is 1. The van der Waals surface area contributed by atoms with Crippen LogP contribution in [0.5, 0.6) is 0 Å². The summed E-state index contributed by atoms with van der Waals surface area (Å²) in [6.07, 6.45) is 3.10. The molecule has 0 aliphatic heterocycles. The lowest BCUT2D eigenvalue weighted by atomic mass is 10.3. The molecule has 0 N–H and O–H groups in total. The molecule has 2 heterocycles. The Morgan fingerprint density at radius 1 is 1.47 bits per heavy atom. The van der Waals surface area contributed by atoms with Gasteiger partial charge in [-0.25, -0.2) is 9.78 Å². The lowest BCUT2D eigenvalue weighted by molar-refractivity contribution is 0.0467. The average molecular weight is 248 g/mol.